The van der Waals surface area contributed by atoms with Gasteiger partial charge in [0.05, 0.1) is 11.6 Å². The first-order valence-electron chi connectivity index (χ1n) is 7.33. The van der Waals surface area contributed by atoms with Crippen molar-refractivity contribution >= 4 is 17.4 Å². The molecule has 0 spiro atoms. The second kappa shape index (κ2) is 7.16. The summed E-state index contributed by atoms with van der Waals surface area (Å²) in [6.45, 7) is 0. The molecule has 0 fully saturated rings. The van der Waals surface area contributed by atoms with E-state index >= 15 is 0 Å². The van der Waals surface area contributed by atoms with E-state index in [0.717, 1.165) is 5.56 Å². The molecule has 0 aliphatic carbocycles. The molecule has 114 valence electrons. The Morgan fingerprint density at radius 2 is 1.74 bits per heavy atom. The summed E-state index contributed by atoms with van der Waals surface area (Å²) in [6.07, 6.45) is 5.43. The molecule has 3 nitrogen and oxygen atoms in total. The Balaban J connectivity index is 1.94. The summed E-state index contributed by atoms with van der Waals surface area (Å²) >= 11 is 5.93. The summed E-state index contributed by atoms with van der Waals surface area (Å²) in [7, 11) is 0. The number of rotatable bonds is 5. The zero-order valence-electron chi connectivity index (χ0n) is 12.4. The average Bonchev–Trinajstić information content (AvgIpc) is 2.62. The van der Waals surface area contributed by atoms with E-state index in [2.05, 4.69) is 9.97 Å². The fraction of sp³-hybridized carbons (Fsp3) is 0.105. The van der Waals surface area contributed by atoms with E-state index in [9.17, 15) is 4.79 Å². The molecule has 1 heterocycles. The van der Waals surface area contributed by atoms with Gasteiger partial charge in [0.15, 0.2) is 5.78 Å². The topological polar surface area (TPSA) is 42.9 Å². The molecule has 2 aromatic carbocycles. The number of benzene rings is 2. The molecule has 23 heavy (non-hydrogen) atoms. The van der Waals surface area contributed by atoms with E-state index in [4.69, 9.17) is 11.6 Å². The first-order chi connectivity index (χ1) is 11.2. The van der Waals surface area contributed by atoms with Crippen molar-refractivity contribution in [2.24, 2.45) is 0 Å². The van der Waals surface area contributed by atoms with Gasteiger partial charge in [0.25, 0.3) is 0 Å². The highest BCUT2D eigenvalue weighted by Gasteiger charge is 2.23. The quantitative estimate of drug-likeness (QED) is 0.656. The maximum absolute atomic E-state index is 12.9. The summed E-state index contributed by atoms with van der Waals surface area (Å²) in [5.41, 5.74) is 2.39. The van der Waals surface area contributed by atoms with Crippen molar-refractivity contribution in [3.05, 3.63) is 95.0 Å². The zero-order valence-corrected chi connectivity index (χ0v) is 13.1. The lowest BCUT2D eigenvalue weighted by molar-refractivity contribution is 0.0957. The third-order valence-electron chi connectivity index (χ3n) is 3.67. The molecular weight excluding hydrogens is 308 g/mol. The van der Waals surface area contributed by atoms with Crippen LogP contribution in [0.25, 0.3) is 0 Å². The number of Topliss-reactive ketones (excluding diaryl/α,β-unsaturated/α-hetero) is 1. The van der Waals surface area contributed by atoms with Gasteiger partial charge in [-0.3, -0.25) is 14.8 Å². The minimum Gasteiger partial charge on any atom is -0.293 e. The second-order valence-electron chi connectivity index (χ2n) is 5.24. The molecule has 3 rings (SSSR count). The number of carbonyl (C=O) groups is 1. The summed E-state index contributed by atoms with van der Waals surface area (Å²) in [4.78, 5) is 21.4. The Morgan fingerprint density at radius 3 is 2.39 bits per heavy atom. The van der Waals surface area contributed by atoms with E-state index in [1.807, 2.05) is 54.6 Å². The predicted molar refractivity (Wildman–Crippen MR) is 90.7 cm³/mol. The van der Waals surface area contributed by atoms with Crippen LogP contribution in [0.2, 0.25) is 5.02 Å². The van der Waals surface area contributed by atoms with Crippen molar-refractivity contribution in [2.75, 3.05) is 0 Å². The van der Waals surface area contributed by atoms with Crippen molar-refractivity contribution < 1.29 is 4.79 Å². The summed E-state index contributed by atoms with van der Waals surface area (Å²) in [5.74, 6) is -0.326. The van der Waals surface area contributed by atoms with Gasteiger partial charge in [0.2, 0.25) is 0 Å². The number of carbonyl (C=O) groups excluding carboxylic acids is 1. The van der Waals surface area contributed by atoms with Crippen LogP contribution in [0.3, 0.4) is 0 Å². The molecule has 0 aliphatic heterocycles. The van der Waals surface area contributed by atoms with E-state index in [1.165, 1.54) is 0 Å². The molecule has 4 heteroatoms. The minimum absolute atomic E-state index is 0.0426. The van der Waals surface area contributed by atoms with Crippen LogP contribution in [0, 0.1) is 0 Å². The maximum atomic E-state index is 12.9. The van der Waals surface area contributed by atoms with Gasteiger partial charge < -0.3 is 0 Å². The van der Waals surface area contributed by atoms with Gasteiger partial charge in [0.1, 0.15) is 0 Å². The zero-order chi connectivity index (χ0) is 16.1. The lowest BCUT2D eigenvalue weighted by Gasteiger charge is -2.15. The van der Waals surface area contributed by atoms with Gasteiger partial charge in [-0.1, -0.05) is 54.1 Å². The van der Waals surface area contributed by atoms with Crippen molar-refractivity contribution in [3.8, 4) is 0 Å². The van der Waals surface area contributed by atoms with Gasteiger partial charge in [-0.05, 0) is 24.1 Å². The predicted octanol–water partition coefficient (Wildman–Crippen LogP) is 4.34. The average molecular weight is 323 g/mol. The SMILES string of the molecule is O=C(c1ccccc1)C(Cc1ccc(Cl)cc1)c1cnccn1. The molecule has 0 saturated carbocycles. The van der Waals surface area contributed by atoms with Gasteiger partial charge in [-0.2, -0.15) is 0 Å². The van der Waals surface area contributed by atoms with Crippen molar-refractivity contribution in [1.82, 2.24) is 9.97 Å². The molecule has 0 N–H and O–H groups in total. The summed E-state index contributed by atoms with van der Waals surface area (Å²) < 4.78 is 0. The molecular formula is C19H15ClN2O. The Labute approximate surface area is 140 Å². The van der Waals surface area contributed by atoms with Crippen molar-refractivity contribution in [2.45, 2.75) is 12.3 Å². The van der Waals surface area contributed by atoms with Gasteiger partial charge >= 0.3 is 0 Å². The monoisotopic (exact) mass is 322 g/mol. The maximum Gasteiger partial charge on any atom is 0.172 e. The van der Waals surface area contributed by atoms with Gasteiger partial charge in [0, 0.05) is 29.2 Å². The molecule has 0 aliphatic rings. The minimum atomic E-state index is -0.368. The third kappa shape index (κ3) is 3.82. The van der Waals surface area contributed by atoms with E-state index in [1.54, 1.807) is 18.6 Å². The van der Waals surface area contributed by atoms with Gasteiger partial charge in [-0.15, -0.1) is 0 Å². The third-order valence-corrected chi connectivity index (χ3v) is 3.92. The van der Waals surface area contributed by atoms with Crippen LogP contribution in [0.4, 0.5) is 0 Å². The van der Waals surface area contributed by atoms with E-state index < -0.39 is 0 Å². The van der Waals surface area contributed by atoms with Crippen LogP contribution in [-0.4, -0.2) is 15.8 Å². The summed E-state index contributed by atoms with van der Waals surface area (Å²) in [6, 6.07) is 16.8. The van der Waals surface area contributed by atoms with Crippen LogP contribution in [0.15, 0.2) is 73.2 Å². The number of hydrogen-bond acceptors (Lipinski definition) is 3. The highest BCUT2D eigenvalue weighted by atomic mass is 35.5. The highest BCUT2D eigenvalue weighted by Crippen LogP contribution is 2.24. The molecule has 1 atom stereocenters. The highest BCUT2D eigenvalue weighted by molar-refractivity contribution is 6.30. The largest absolute Gasteiger partial charge is 0.293 e. The fourth-order valence-corrected chi connectivity index (χ4v) is 2.61. The smallest absolute Gasteiger partial charge is 0.172 e. The number of aromatic nitrogens is 2. The van der Waals surface area contributed by atoms with Crippen LogP contribution in [0.1, 0.15) is 27.5 Å². The number of hydrogen-bond donors (Lipinski definition) is 0. The molecule has 0 radical (unpaired) electrons. The second-order valence-corrected chi connectivity index (χ2v) is 5.68. The van der Waals surface area contributed by atoms with Crippen molar-refractivity contribution in [3.63, 3.8) is 0 Å². The van der Waals surface area contributed by atoms with Crippen LogP contribution >= 0.6 is 11.6 Å². The lowest BCUT2D eigenvalue weighted by Crippen LogP contribution is -2.17. The first kappa shape index (κ1) is 15.4. The Hall–Kier alpha value is -2.52. The molecule has 1 aromatic heterocycles. The Bertz CT molecular complexity index is 773. The number of ketones is 1. The molecule has 0 saturated heterocycles. The van der Waals surface area contributed by atoms with E-state index in [0.29, 0.717) is 22.7 Å². The standard InChI is InChI=1S/C19H15ClN2O/c20-16-8-6-14(7-9-16)12-17(18-13-21-10-11-22-18)19(23)15-4-2-1-3-5-15/h1-11,13,17H,12H2. The fourth-order valence-electron chi connectivity index (χ4n) is 2.48. The van der Waals surface area contributed by atoms with Crippen LogP contribution < -0.4 is 0 Å². The normalized spacial score (nSPS) is 11.9. The molecule has 3 aromatic rings. The van der Waals surface area contributed by atoms with Crippen LogP contribution in [0.5, 0.6) is 0 Å². The van der Waals surface area contributed by atoms with Crippen molar-refractivity contribution in [1.29, 1.82) is 0 Å². The summed E-state index contributed by atoms with van der Waals surface area (Å²) in [5, 5.41) is 0.680. The molecule has 0 amide bonds. The van der Waals surface area contributed by atoms with Crippen LogP contribution in [-0.2, 0) is 6.42 Å². The molecule has 0 bridgehead atoms. The Morgan fingerprint density at radius 1 is 1.00 bits per heavy atom. The first-order valence-corrected chi connectivity index (χ1v) is 7.71. The lowest BCUT2D eigenvalue weighted by atomic mass is 9.89. The number of nitrogens with zero attached hydrogens (tertiary/aromatic N) is 2. The van der Waals surface area contributed by atoms with E-state index in [-0.39, 0.29) is 11.7 Å². The number of halogens is 1. The Kier molecular flexibility index (Phi) is 4.79. The van der Waals surface area contributed by atoms with Gasteiger partial charge in [-0.25, -0.2) is 0 Å². The molecule has 1 unspecified atom stereocenters.